The van der Waals surface area contributed by atoms with Crippen molar-refractivity contribution in [2.24, 2.45) is 0 Å². The van der Waals surface area contributed by atoms with Crippen molar-refractivity contribution in [1.29, 1.82) is 5.26 Å². The highest BCUT2D eigenvalue weighted by molar-refractivity contribution is 6.02. The Morgan fingerprint density at radius 3 is 2.58 bits per heavy atom. The fourth-order valence-electron chi connectivity index (χ4n) is 2.04. The van der Waals surface area contributed by atoms with Crippen LogP contribution in [-0.4, -0.2) is 5.91 Å². The lowest BCUT2D eigenvalue weighted by atomic mass is 10.1. The SMILES string of the molecule is N#Cc1cc(N)cc(NC(=O)C=Cc2ccccc2C(F)(F)F)c1. The van der Waals surface area contributed by atoms with Gasteiger partial charge in [0.1, 0.15) is 0 Å². The lowest BCUT2D eigenvalue weighted by Crippen LogP contribution is -2.09. The molecule has 2 aromatic carbocycles. The van der Waals surface area contributed by atoms with E-state index in [0.717, 1.165) is 18.2 Å². The Kier molecular flexibility index (Phi) is 4.90. The van der Waals surface area contributed by atoms with Crippen LogP contribution in [0.4, 0.5) is 24.5 Å². The molecule has 0 bridgehead atoms. The van der Waals surface area contributed by atoms with Crippen molar-refractivity contribution >= 4 is 23.4 Å². The predicted molar refractivity (Wildman–Crippen MR) is 84.7 cm³/mol. The van der Waals surface area contributed by atoms with E-state index in [9.17, 15) is 18.0 Å². The van der Waals surface area contributed by atoms with Gasteiger partial charge in [0.25, 0.3) is 0 Å². The second-order valence-corrected chi connectivity index (χ2v) is 4.86. The molecule has 2 rings (SSSR count). The van der Waals surface area contributed by atoms with Crippen LogP contribution in [-0.2, 0) is 11.0 Å². The van der Waals surface area contributed by atoms with Gasteiger partial charge in [-0.1, -0.05) is 18.2 Å². The van der Waals surface area contributed by atoms with Gasteiger partial charge >= 0.3 is 6.18 Å². The Bertz CT molecular complexity index is 836. The predicted octanol–water partition coefficient (Wildman–Crippen LogP) is 3.81. The number of rotatable bonds is 3. The first-order chi connectivity index (χ1) is 11.3. The first kappa shape index (κ1) is 17.1. The van der Waals surface area contributed by atoms with Crippen molar-refractivity contribution in [2.75, 3.05) is 11.1 Å². The number of hydrogen-bond acceptors (Lipinski definition) is 3. The molecule has 24 heavy (non-hydrogen) atoms. The maximum atomic E-state index is 12.9. The van der Waals surface area contributed by atoms with E-state index in [2.05, 4.69) is 5.32 Å². The minimum atomic E-state index is -4.51. The van der Waals surface area contributed by atoms with E-state index in [4.69, 9.17) is 11.0 Å². The number of nitriles is 1. The fraction of sp³-hybridized carbons (Fsp3) is 0.0588. The van der Waals surface area contributed by atoms with Gasteiger partial charge in [0.15, 0.2) is 0 Å². The molecule has 0 aliphatic rings. The van der Waals surface area contributed by atoms with Crippen LogP contribution in [0.2, 0.25) is 0 Å². The average Bonchev–Trinajstić information content (AvgIpc) is 2.51. The number of hydrogen-bond donors (Lipinski definition) is 2. The molecule has 4 nitrogen and oxygen atoms in total. The summed E-state index contributed by atoms with van der Waals surface area (Å²) in [6.07, 6.45) is -2.44. The summed E-state index contributed by atoms with van der Waals surface area (Å²) in [5, 5.41) is 11.3. The largest absolute Gasteiger partial charge is 0.416 e. The van der Waals surface area contributed by atoms with Crippen molar-refractivity contribution in [2.45, 2.75) is 6.18 Å². The summed E-state index contributed by atoms with van der Waals surface area (Å²) < 4.78 is 38.6. The monoisotopic (exact) mass is 331 g/mol. The van der Waals surface area contributed by atoms with Gasteiger partial charge in [-0.2, -0.15) is 18.4 Å². The number of nitrogens with zero attached hydrogens (tertiary/aromatic N) is 1. The molecule has 0 saturated carbocycles. The van der Waals surface area contributed by atoms with Gasteiger partial charge in [-0.05, 0) is 35.9 Å². The second kappa shape index (κ2) is 6.87. The summed E-state index contributed by atoms with van der Waals surface area (Å²) in [4.78, 5) is 11.9. The van der Waals surface area contributed by atoms with Crippen LogP contribution in [0.1, 0.15) is 16.7 Å². The molecule has 1 amide bonds. The van der Waals surface area contributed by atoms with Crippen LogP contribution in [0.25, 0.3) is 6.08 Å². The van der Waals surface area contributed by atoms with E-state index in [0.29, 0.717) is 0 Å². The molecule has 7 heteroatoms. The van der Waals surface area contributed by atoms with Crippen LogP contribution in [0.5, 0.6) is 0 Å². The van der Waals surface area contributed by atoms with E-state index >= 15 is 0 Å². The number of alkyl halides is 3. The summed E-state index contributed by atoms with van der Waals surface area (Å²) >= 11 is 0. The number of anilines is 2. The van der Waals surface area contributed by atoms with Crippen molar-refractivity contribution in [3.8, 4) is 6.07 Å². The molecule has 0 aliphatic carbocycles. The van der Waals surface area contributed by atoms with Crippen molar-refractivity contribution in [3.63, 3.8) is 0 Å². The zero-order valence-electron chi connectivity index (χ0n) is 12.3. The van der Waals surface area contributed by atoms with Gasteiger partial charge in [-0.25, -0.2) is 0 Å². The van der Waals surface area contributed by atoms with E-state index in [-0.39, 0.29) is 22.5 Å². The highest BCUT2D eigenvalue weighted by atomic mass is 19.4. The zero-order chi connectivity index (χ0) is 17.7. The number of nitrogens with one attached hydrogen (secondary N) is 1. The van der Waals surface area contributed by atoms with Gasteiger partial charge < -0.3 is 11.1 Å². The van der Waals surface area contributed by atoms with E-state index < -0.39 is 17.6 Å². The maximum absolute atomic E-state index is 12.9. The number of halogens is 3. The number of carbonyl (C=O) groups excluding carboxylic acids is 1. The molecule has 0 spiro atoms. The first-order valence-electron chi connectivity index (χ1n) is 6.75. The normalized spacial score (nSPS) is 11.2. The molecular formula is C17H12F3N3O. The van der Waals surface area contributed by atoms with Gasteiger partial charge in [0.2, 0.25) is 5.91 Å². The number of benzene rings is 2. The molecule has 0 saturated heterocycles. The number of amides is 1. The molecule has 0 aromatic heterocycles. The molecular weight excluding hydrogens is 319 g/mol. The van der Waals surface area contributed by atoms with Gasteiger partial charge in [0, 0.05) is 17.5 Å². The van der Waals surface area contributed by atoms with Gasteiger partial charge in [0.05, 0.1) is 17.2 Å². The maximum Gasteiger partial charge on any atom is 0.416 e. The average molecular weight is 331 g/mol. The summed E-state index contributed by atoms with van der Waals surface area (Å²) in [7, 11) is 0. The molecule has 122 valence electrons. The number of carbonyl (C=O) groups is 1. The smallest absolute Gasteiger partial charge is 0.399 e. The minimum Gasteiger partial charge on any atom is -0.399 e. The van der Waals surface area contributed by atoms with Gasteiger partial charge in [-0.3, -0.25) is 4.79 Å². The van der Waals surface area contributed by atoms with Crippen LogP contribution in [0.3, 0.4) is 0 Å². The molecule has 0 unspecified atom stereocenters. The van der Waals surface area contributed by atoms with Gasteiger partial charge in [-0.15, -0.1) is 0 Å². The highest BCUT2D eigenvalue weighted by Gasteiger charge is 2.32. The Hall–Kier alpha value is -3.27. The molecule has 2 aromatic rings. The Morgan fingerprint density at radius 2 is 1.92 bits per heavy atom. The third kappa shape index (κ3) is 4.36. The third-order valence-electron chi connectivity index (χ3n) is 3.03. The molecule has 0 aliphatic heterocycles. The van der Waals surface area contributed by atoms with Crippen LogP contribution in [0, 0.1) is 11.3 Å². The van der Waals surface area contributed by atoms with E-state index in [1.165, 1.54) is 36.4 Å². The molecule has 0 fully saturated rings. The first-order valence-corrected chi connectivity index (χ1v) is 6.75. The van der Waals surface area contributed by atoms with Crippen molar-refractivity contribution < 1.29 is 18.0 Å². The Balaban J connectivity index is 2.18. The third-order valence-corrected chi connectivity index (χ3v) is 3.03. The lowest BCUT2D eigenvalue weighted by molar-refractivity contribution is -0.137. The number of nitrogen functional groups attached to an aromatic ring is 1. The fourth-order valence-corrected chi connectivity index (χ4v) is 2.04. The Labute approximate surface area is 136 Å². The van der Waals surface area contributed by atoms with Crippen LogP contribution < -0.4 is 11.1 Å². The zero-order valence-corrected chi connectivity index (χ0v) is 12.3. The summed E-state index contributed by atoms with van der Waals surface area (Å²) in [6, 6.07) is 11.1. The quantitative estimate of drug-likeness (QED) is 0.663. The van der Waals surface area contributed by atoms with E-state index in [1.54, 1.807) is 0 Å². The standard InChI is InChI=1S/C17H12F3N3O/c18-17(19,20)15-4-2-1-3-12(15)5-6-16(24)23-14-8-11(10-21)7-13(22)9-14/h1-9H,22H2,(H,23,24). The van der Waals surface area contributed by atoms with Crippen molar-refractivity contribution in [3.05, 3.63) is 65.2 Å². The van der Waals surface area contributed by atoms with Crippen LogP contribution >= 0.6 is 0 Å². The summed E-state index contributed by atoms with van der Waals surface area (Å²) in [6.45, 7) is 0. The van der Waals surface area contributed by atoms with Crippen LogP contribution in [0.15, 0.2) is 48.5 Å². The lowest BCUT2D eigenvalue weighted by Gasteiger charge is -2.09. The molecule has 0 atom stereocenters. The number of nitrogens with two attached hydrogens (primary N) is 1. The highest BCUT2D eigenvalue weighted by Crippen LogP contribution is 2.32. The molecule has 3 N–H and O–H groups in total. The Morgan fingerprint density at radius 1 is 1.21 bits per heavy atom. The minimum absolute atomic E-state index is 0.120. The summed E-state index contributed by atoms with van der Waals surface area (Å²) in [5.74, 6) is -0.638. The summed E-state index contributed by atoms with van der Waals surface area (Å²) in [5.41, 5.74) is 5.48. The molecule has 0 radical (unpaired) electrons. The second-order valence-electron chi connectivity index (χ2n) is 4.86. The van der Waals surface area contributed by atoms with Crippen molar-refractivity contribution in [1.82, 2.24) is 0 Å². The topological polar surface area (TPSA) is 78.9 Å². The molecule has 0 heterocycles. The van der Waals surface area contributed by atoms with E-state index in [1.807, 2.05) is 6.07 Å².